The lowest BCUT2D eigenvalue weighted by Gasteiger charge is -2.34. The van der Waals surface area contributed by atoms with Crippen molar-refractivity contribution in [2.75, 3.05) is 13.1 Å². The predicted molar refractivity (Wildman–Crippen MR) is 84.7 cm³/mol. The molecule has 2 heterocycles. The molecule has 1 saturated carbocycles. The minimum Gasteiger partial charge on any atom is -0.338 e. The highest BCUT2D eigenvalue weighted by Crippen LogP contribution is 2.39. The maximum Gasteiger partial charge on any atom is 0.243 e. The van der Waals surface area contributed by atoms with Gasteiger partial charge in [-0.1, -0.05) is 35.5 Å². The van der Waals surface area contributed by atoms with Gasteiger partial charge in [-0.25, -0.2) is 0 Å². The van der Waals surface area contributed by atoms with Gasteiger partial charge < -0.3 is 4.52 Å². The van der Waals surface area contributed by atoms with Crippen LogP contribution in [-0.4, -0.2) is 28.1 Å². The van der Waals surface area contributed by atoms with Crippen molar-refractivity contribution in [2.24, 2.45) is 0 Å². The zero-order valence-electron chi connectivity index (χ0n) is 13.1. The summed E-state index contributed by atoms with van der Waals surface area (Å²) in [4.78, 5) is 7.08. The summed E-state index contributed by atoms with van der Waals surface area (Å²) >= 11 is 0. The van der Waals surface area contributed by atoms with Crippen LogP contribution >= 0.6 is 0 Å². The zero-order valence-corrected chi connectivity index (χ0v) is 13.1. The molecule has 1 aromatic carbocycles. The number of hydrogen-bond donors (Lipinski definition) is 0. The largest absolute Gasteiger partial charge is 0.338 e. The van der Waals surface area contributed by atoms with Gasteiger partial charge in [-0.05, 0) is 57.2 Å². The Bertz CT molecular complexity index is 612. The van der Waals surface area contributed by atoms with Crippen LogP contribution in [0.5, 0.6) is 0 Å². The Balaban J connectivity index is 1.38. The van der Waals surface area contributed by atoms with Gasteiger partial charge in [-0.3, -0.25) is 4.90 Å². The molecular formula is C18H23N3O. The van der Waals surface area contributed by atoms with Gasteiger partial charge in [-0.15, -0.1) is 0 Å². The summed E-state index contributed by atoms with van der Waals surface area (Å²) in [5, 5.41) is 4.14. The Hall–Kier alpha value is -1.68. The molecular weight excluding hydrogens is 274 g/mol. The van der Waals surface area contributed by atoms with Gasteiger partial charge in [-0.2, -0.15) is 4.98 Å². The third kappa shape index (κ3) is 2.80. The van der Waals surface area contributed by atoms with Gasteiger partial charge in [0, 0.05) is 5.92 Å². The van der Waals surface area contributed by atoms with Gasteiger partial charge in [0.05, 0.1) is 6.04 Å². The molecule has 0 radical (unpaired) electrons. The zero-order chi connectivity index (χ0) is 14.9. The van der Waals surface area contributed by atoms with Crippen LogP contribution in [0.3, 0.4) is 0 Å². The lowest BCUT2D eigenvalue weighted by atomic mass is 9.89. The minimum atomic E-state index is 0.233. The average molecular weight is 297 g/mol. The van der Waals surface area contributed by atoms with Crippen molar-refractivity contribution in [3.63, 3.8) is 0 Å². The molecule has 1 aliphatic carbocycles. The third-order valence-corrected chi connectivity index (χ3v) is 5.11. The molecule has 1 aliphatic heterocycles. The summed E-state index contributed by atoms with van der Waals surface area (Å²) in [5.74, 6) is 2.96. The van der Waals surface area contributed by atoms with Crippen LogP contribution in [-0.2, 0) is 0 Å². The van der Waals surface area contributed by atoms with Crippen molar-refractivity contribution in [2.45, 2.75) is 50.5 Å². The van der Waals surface area contributed by atoms with Crippen LogP contribution in [0.2, 0.25) is 0 Å². The molecule has 0 spiro atoms. The van der Waals surface area contributed by atoms with Crippen molar-refractivity contribution in [3.05, 3.63) is 47.6 Å². The Morgan fingerprint density at radius 3 is 2.45 bits per heavy atom. The smallest absolute Gasteiger partial charge is 0.243 e. The van der Waals surface area contributed by atoms with Crippen molar-refractivity contribution in [3.8, 4) is 0 Å². The molecule has 2 aromatic rings. The van der Waals surface area contributed by atoms with Crippen LogP contribution in [0.1, 0.15) is 67.8 Å². The fraction of sp³-hybridized carbons (Fsp3) is 0.556. The Morgan fingerprint density at radius 2 is 1.77 bits per heavy atom. The van der Waals surface area contributed by atoms with Crippen molar-refractivity contribution >= 4 is 0 Å². The minimum absolute atomic E-state index is 0.233. The van der Waals surface area contributed by atoms with Crippen LogP contribution in [0.15, 0.2) is 34.9 Å². The Labute approximate surface area is 131 Å². The number of likely N-dealkylation sites (tertiary alicyclic amines) is 1. The van der Waals surface area contributed by atoms with Gasteiger partial charge >= 0.3 is 0 Å². The predicted octanol–water partition coefficient (Wildman–Crippen LogP) is 3.89. The topological polar surface area (TPSA) is 42.2 Å². The molecule has 0 bridgehead atoms. The van der Waals surface area contributed by atoms with E-state index in [0.717, 1.165) is 24.8 Å². The second kappa shape index (κ2) is 5.84. The second-order valence-corrected chi connectivity index (χ2v) is 6.66. The van der Waals surface area contributed by atoms with Crippen molar-refractivity contribution in [1.29, 1.82) is 0 Å². The quantitative estimate of drug-likeness (QED) is 0.858. The van der Waals surface area contributed by atoms with Crippen LogP contribution in [0.4, 0.5) is 0 Å². The normalized spacial score (nSPS) is 21.9. The van der Waals surface area contributed by atoms with Gasteiger partial charge in [0.15, 0.2) is 5.82 Å². The van der Waals surface area contributed by atoms with Crippen molar-refractivity contribution < 1.29 is 4.52 Å². The van der Waals surface area contributed by atoms with E-state index >= 15 is 0 Å². The molecule has 4 heteroatoms. The van der Waals surface area contributed by atoms with Gasteiger partial charge in [0.2, 0.25) is 5.89 Å². The molecule has 116 valence electrons. The first-order valence-electron chi connectivity index (χ1n) is 8.44. The fourth-order valence-corrected chi connectivity index (χ4v) is 3.43. The highest BCUT2D eigenvalue weighted by Gasteiger charge is 2.31. The fourth-order valence-electron chi connectivity index (χ4n) is 3.43. The lowest BCUT2D eigenvalue weighted by molar-refractivity contribution is 0.136. The summed E-state index contributed by atoms with van der Waals surface area (Å²) in [6.07, 6.45) is 4.85. The van der Waals surface area contributed by atoms with Gasteiger partial charge in [0.1, 0.15) is 0 Å². The van der Waals surface area contributed by atoms with E-state index in [2.05, 4.69) is 52.3 Å². The Kier molecular flexibility index (Phi) is 3.70. The highest BCUT2D eigenvalue weighted by atomic mass is 16.5. The van der Waals surface area contributed by atoms with Gasteiger partial charge in [0.25, 0.3) is 0 Å². The number of piperidine rings is 1. The molecule has 1 saturated heterocycles. The van der Waals surface area contributed by atoms with E-state index in [-0.39, 0.29) is 6.04 Å². The van der Waals surface area contributed by atoms with Crippen molar-refractivity contribution in [1.82, 2.24) is 15.0 Å². The van der Waals surface area contributed by atoms with E-state index in [1.54, 1.807) is 0 Å². The average Bonchev–Trinajstić information content (AvgIpc) is 3.32. The first-order chi connectivity index (χ1) is 10.8. The van der Waals surface area contributed by atoms with E-state index in [4.69, 9.17) is 4.52 Å². The monoisotopic (exact) mass is 297 g/mol. The molecule has 2 fully saturated rings. The lowest BCUT2D eigenvalue weighted by Crippen LogP contribution is -2.35. The van der Waals surface area contributed by atoms with Crippen LogP contribution < -0.4 is 0 Å². The molecule has 0 amide bonds. The number of benzene rings is 1. The molecule has 4 rings (SSSR count). The Morgan fingerprint density at radius 1 is 1.05 bits per heavy atom. The first-order valence-corrected chi connectivity index (χ1v) is 8.44. The van der Waals surface area contributed by atoms with Crippen LogP contribution in [0.25, 0.3) is 0 Å². The van der Waals surface area contributed by atoms with E-state index in [9.17, 15) is 0 Å². The summed E-state index contributed by atoms with van der Waals surface area (Å²) in [5.41, 5.74) is 1.48. The summed E-state index contributed by atoms with van der Waals surface area (Å²) in [6, 6.07) is 11.1. The summed E-state index contributed by atoms with van der Waals surface area (Å²) < 4.78 is 5.49. The van der Waals surface area contributed by atoms with Crippen LogP contribution in [0, 0.1) is 0 Å². The third-order valence-electron chi connectivity index (χ3n) is 5.11. The molecule has 2 aliphatic rings. The number of nitrogens with zero attached hydrogens (tertiary/aromatic N) is 3. The highest BCUT2D eigenvalue weighted by molar-refractivity contribution is 5.20. The molecule has 1 unspecified atom stereocenters. The molecule has 22 heavy (non-hydrogen) atoms. The number of aromatic nitrogens is 2. The van der Waals surface area contributed by atoms with E-state index in [1.807, 2.05) is 0 Å². The maximum atomic E-state index is 5.49. The first kappa shape index (κ1) is 13.9. The molecule has 0 N–H and O–H groups in total. The summed E-state index contributed by atoms with van der Waals surface area (Å²) in [6.45, 7) is 4.39. The van der Waals surface area contributed by atoms with E-state index in [0.29, 0.717) is 11.8 Å². The number of hydrogen-bond acceptors (Lipinski definition) is 4. The molecule has 1 aromatic heterocycles. The van der Waals surface area contributed by atoms with E-state index in [1.165, 1.54) is 31.2 Å². The standard InChI is InChI=1S/C18H23N3O/c1-13(18-19-17(20-22-18)16-7-8-16)21-11-9-15(10-12-21)14-5-3-2-4-6-14/h2-6,13,15-16H,7-12H2,1H3. The molecule has 4 nitrogen and oxygen atoms in total. The van der Waals surface area contributed by atoms with E-state index < -0.39 is 0 Å². The molecule has 1 atom stereocenters. The second-order valence-electron chi connectivity index (χ2n) is 6.66. The SMILES string of the molecule is CC(c1nc(C2CC2)no1)N1CCC(c2ccccc2)CC1. The number of rotatable bonds is 4. The maximum absolute atomic E-state index is 5.49. The summed E-state index contributed by atoms with van der Waals surface area (Å²) in [7, 11) is 0.